The largest absolute Gasteiger partial charge is 0.395 e. The van der Waals surface area contributed by atoms with Crippen molar-refractivity contribution >= 4 is 23.3 Å². The number of thiophene rings is 1. The molecule has 3 nitrogen and oxygen atoms in total. The molecular weight excluding hydrogens is 282 g/mol. The smallest absolute Gasteiger partial charge is 0.227 e. The molecule has 1 aromatic carbocycles. The van der Waals surface area contributed by atoms with Crippen LogP contribution in [0.5, 0.6) is 0 Å². The van der Waals surface area contributed by atoms with Crippen LogP contribution in [0, 0.1) is 0 Å². The Labute approximate surface area is 129 Å². The first-order chi connectivity index (χ1) is 10.3. The van der Waals surface area contributed by atoms with Crippen molar-refractivity contribution in [3.05, 3.63) is 64.4 Å². The summed E-state index contributed by atoms with van der Waals surface area (Å²) in [6.45, 7) is 0.856. The lowest BCUT2D eigenvalue weighted by Gasteiger charge is -2.19. The van der Waals surface area contributed by atoms with Gasteiger partial charge in [-0.25, -0.2) is 0 Å². The van der Waals surface area contributed by atoms with Crippen molar-refractivity contribution in [3.8, 4) is 0 Å². The number of hydrogen-bond donors (Lipinski definition) is 1. The minimum atomic E-state index is -0.0193. The first kappa shape index (κ1) is 15.5. The van der Waals surface area contributed by atoms with E-state index in [1.165, 1.54) is 0 Å². The van der Waals surface area contributed by atoms with Gasteiger partial charge in [0.05, 0.1) is 13.0 Å². The zero-order valence-electron chi connectivity index (χ0n) is 11.8. The van der Waals surface area contributed by atoms with Gasteiger partial charge in [0.1, 0.15) is 0 Å². The van der Waals surface area contributed by atoms with Crippen LogP contribution in [0.3, 0.4) is 0 Å². The van der Waals surface area contributed by atoms with Gasteiger partial charge in [0, 0.05) is 13.1 Å². The van der Waals surface area contributed by atoms with Crippen LogP contribution in [0.25, 0.3) is 6.08 Å². The van der Waals surface area contributed by atoms with Gasteiger partial charge in [0.2, 0.25) is 5.91 Å². The predicted molar refractivity (Wildman–Crippen MR) is 87.2 cm³/mol. The van der Waals surface area contributed by atoms with Crippen LogP contribution >= 0.6 is 11.3 Å². The van der Waals surface area contributed by atoms with Crippen LogP contribution < -0.4 is 0 Å². The average molecular weight is 301 g/mol. The molecule has 0 aliphatic heterocycles. The van der Waals surface area contributed by atoms with Crippen LogP contribution in [-0.4, -0.2) is 35.6 Å². The van der Waals surface area contributed by atoms with Gasteiger partial charge in [-0.05, 0) is 28.0 Å². The predicted octanol–water partition coefficient (Wildman–Crippen LogP) is 2.82. The molecule has 0 spiro atoms. The molecule has 2 rings (SSSR count). The number of carbonyl (C=O) groups is 1. The highest BCUT2D eigenvalue weighted by atomic mass is 32.1. The lowest BCUT2D eigenvalue weighted by atomic mass is 10.2. The van der Waals surface area contributed by atoms with Crippen LogP contribution in [0.2, 0.25) is 0 Å². The van der Waals surface area contributed by atoms with E-state index in [9.17, 15) is 4.79 Å². The molecule has 110 valence electrons. The molecule has 0 aliphatic carbocycles. The highest BCUT2D eigenvalue weighted by molar-refractivity contribution is 7.07. The number of aliphatic hydroxyl groups excluding tert-OH is 1. The number of amides is 1. The third kappa shape index (κ3) is 5.17. The minimum absolute atomic E-state index is 0.0193. The molecule has 1 heterocycles. The summed E-state index contributed by atoms with van der Waals surface area (Å²) in [5.41, 5.74) is 2.13. The number of aliphatic hydroxyl groups is 1. The summed E-state index contributed by atoms with van der Waals surface area (Å²) in [4.78, 5) is 13.9. The van der Waals surface area contributed by atoms with Gasteiger partial charge in [-0.15, -0.1) is 0 Å². The monoisotopic (exact) mass is 301 g/mol. The molecule has 0 unspecified atom stereocenters. The minimum Gasteiger partial charge on any atom is -0.395 e. The van der Waals surface area contributed by atoms with Crippen molar-refractivity contribution in [3.63, 3.8) is 0 Å². The van der Waals surface area contributed by atoms with Crippen LogP contribution in [0.4, 0.5) is 0 Å². The Hall–Kier alpha value is -1.91. The van der Waals surface area contributed by atoms with Crippen molar-refractivity contribution in [2.45, 2.75) is 6.42 Å². The molecule has 0 atom stereocenters. The van der Waals surface area contributed by atoms with E-state index >= 15 is 0 Å². The molecule has 0 radical (unpaired) electrons. The lowest BCUT2D eigenvalue weighted by molar-refractivity contribution is -0.130. The molecule has 0 aliphatic rings. The first-order valence-corrected chi connectivity index (χ1v) is 7.85. The van der Waals surface area contributed by atoms with Gasteiger partial charge in [-0.1, -0.05) is 42.5 Å². The average Bonchev–Trinajstić information content (AvgIpc) is 3.00. The van der Waals surface area contributed by atoms with Crippen molar-refractivity contribution in [1.82, 2.24) is 4.90 Å². The maximum absolute atomic E-state index is 12.2. The standard InChI is InChI=1S/C17H19NO2S/c19-11-10-18(17(20)13-16-8-12-21-14-16)9-4-7-15-5-2-1-3-6-15/h1-8,12,14,19H,9-11,13H2/b7-4+. The van der Waals surface area contributed by atoms with E-state index in [0.29, 0.717) is 19.5 Å². The van der Waals surface area contributed by atoms with Gasteiger partial charge in [-0.2, -0.15) is 11.3 Å². The third-order valence-electron chi connectivity index (χ3n) is 3.09. The molecule has 0 bridgehead atoms. The number of hydrogen-bond acceptors (Lipinski definition) is 3. The maximum Gasteiger partial charge on any atom is 0.227 e. The molecule has 0 fully saturated rings. The Morgan fingerprint density at radius 3 is 2.71 bits per heavy atom. The molecule has 4 heteroatoms. The Balaban J connectivity index is 1.92. The van der Waals surface area contributed by atoms with Gasteiger partial charge < -0.3 is 10.0 Å². The van der Waals surface area contributed by atoms with E-state index < -0.39 is 0 Å². The van der Waals surface area contributed by atoms with Crippen molar-refractivity contribution < 1.29 is 9.90 Å². The quantitative estimate of drug-likeness (QED) is 0.854. The fraction of sp³-hybridized carbons (Fsp3) is 0.235. The number of carbonyl (C=O) groups excluding carboxylic acids is 1. The van der Waals surface area contributed by atoms with E-state index in [0.717, 1.165) is 11.1 Å². The molecule has 0 saturated heterocycles. The summed E-state index contributed by atoms with van der Waals surface area (Å²) in [7, 11) is 0. The maximum atomic E-state index is 12.2. The SMILES string of the molecule is O=C(Cc1ccsc1)N(C/C=C/c1ccccc1)CCO. The topological polar surface area (TPSA) is 40.5 Å². The fourth-order valence-corrected chi connectivity index (χ4v) is 2.67. The van der Waals surface area contributed by atoms with Crippen molar-refractivity contribution in [2.75, 3.05) is 19.7 Å². The second-order valence-corrected chi connectivity index (χ2v) is 5.46. The Kier molecular flexibility index (Phi) is 6.19. The normalized spacial score (nSPS) is 10.9. The van der Waals surface area contributed by atoms with E-state index in [1.54, 1.807) is 16.2 Å². The zero-order chi connectivity index (χ0) is 14.9. The number of nitrogens with zero attached hydrogens (tertiary/aromatic N) is 1. The van der Waals surface area contributed by atoms with Crippen molar-refractivity contribution in [2.24, 2.45) is 0 Å². The molecule has 1 aromatic heterocycles. The van der Waals surface area contributed by atoms with Gasteiger partial charge >= 0.3 is 0 Å². The summed E-state index contributed by atoms with van der Waals surface area (Å²) in [5, 5.41) is 13.1. The van der Waals surface area contributed by atoms with Gasteiger partial charge in [0.15, 0.2) is 0 Å². The second-order valence-electron chi connectivity index (χ2n) is 4.68. The molecular formula is C17H19NO2S. The summed E-state index contributed by atoms with van der Waals surface area (Å²) >= 11 is 1.59. The molecule has 2 aromatic rings. The van der Waals surface area contributed by atoms with E-state index in [1.807, 2.05) is 59.3 Å². The molecule has 1 amide bonds. The molecule has 1 N–H and O–H groups in total. The van der Waals surface area contributed by atoms with Crippen molar-refractivity contribution in [1.29, 1.82) is 0 Å². The van der Waals surface area contributed by atoms with Crippen LogP contribution in [0.15, 0.2) is 53.2 Å². The van der Waals surface area contributed by atoms with Crippen LogP contribution in [0.1, 0.15) is 11.1 Å². The molecule has 0 saturated carbocycles. The lowest BCUT2D eigenvalue weighted by Crippen LogP contribution is -2.34. The first-order valence-electron chi connectivity index (χ1n) is 6.91. The van der Waals surface area contributed by atoms with Gasteiger partial charge in [-0.3, -0.25) is 4.79 Å². The summed E-state index contributed by atoms with van der Waals surface area (Å²) in [6, 6.07) is 11.9. The summed E-state index contributed by atoms with van der Waals surface area (Å²) < 4.78 is 0. The third-order valence-corrected chi connectivity index (χ3v) is 3.83. The highest BCUT2D eigenvalue weighted by Gasteiger charge is 2.12. The van der Waals surface area contributed by atoms with Gasteiger partial charge in [0.25, 0.3) is 0 Å². The number of benzene rings is 1. The second kappa shape index (κ2) is 8.39. The summed E-state index contributed by atoms with van der Waals surface area (Å²) in [6.07, 6.45) is 4.33. The molecule has 21 heavy (non-hydrogen) atoms. The fourth-order valence-electron chi connectivity index (χ4n) is 2.00. The summed E-state index contributed by atoms with van der Waals surface area (Å²) in [5.74, 6) is 0.0418. The van der Waals surface area contributed by atoms with E-state index in [-0.39, 0.29) is 12.5 Å². The highest BCUT2D eigenvalue weighted by Crippen LogP contribution is 2.09. The number of rotatable bonds is 7. The Morgan fingerprint density at radius 1 is 1.24 bits per heavy atom. The zero-order valence-corrected chi connectivity index (χ0v) is 12.6. The van der Waals surface area contributed by atoms with E-state index in [2.05, 4.69) is 0 Å². The van der Waals surface area contributed by atoms with E-state index in [4.69, 9.17) is 5.11 Å². The Morgan fingerprint density at radius 2 is 2.05 bits per heavy atom. The van der Waals surface area contributed by atoms with Crippen LogP contribution in [-0.2, 0) is 11.2 Å². The Bertz CT molecular complexity index is 564.